The van der Waals surface area contributed by atoms with E-state index in [1.54, 1.807) is 0 Å². The molecule has 8 nitrogen and oxygen atoms in total. The van der Waals surface area contributed by atoms with Crippen LogP contribution in [0.2, 0.25) is 5.02 Å². The second kappa shape index (κ2) is 6.49. The van der Waals surface area contributed by atoms with Crippen molar-refractivity contribution in [3.05, 3.63) is 33.3 Å². The lowest BCUT2D eigenvalue weighted by molar-refractivity contribution is -0.384. The lowest BCUT2D eigenvalue weighted by Crippen LogP contribution is -2.38. The molecule has 1 aliphatic rings. The van der Waals surface area contributed by atoms with Crippen LogP contribution < -0.4 is 10.1 Å². The molecule has 1 saturated heterocycles. The summed E-state index contributed by atoms with van der Waals surface area (Å²) in [7, 11) is -3.06. The van der Waals surface area contributed by atoms with Gasteiger partial charge in [0.1, 0.15) is 10.8 Å². The van der Waals surface area contributed by atoms with Crippen LogP contribution in [0.15, 0.2) is 18.2 Å². The molecule has 0 aromatic heterocycles. The highest BCUT2D eigenvalue weighted by Gasteiger charge is 2.28. The van der Waals surface area contributed by atoms with Crippen LogP contribution in [-0.2, 0) is 14.6 Å². The third-order valence-electron chi connectivity index (χ3n) is 3.08. The van der Waals surface area contributed by atoms with E-state index in [0.717, 1.165) is 0 Å². The maximum Gasteiger partial charge on any atom is 0.288 e. The Morgan fingerprint density at radius 3 is 2.77 bits per heavy atom. The van der Waals surface area contributed by atoms with Crippen molar-refractivity contribution in [2.75, 3.05) is 18.1 Å². The Morgan fingerprint density at radius 2 is 2.23 bits per heavy atom. The average Bonchev–Trinajstić information content (AvgIpc) is 2.75. The number of hydrogen-bond donors (Lipinski definition) is 1. The molecule has 10 heteroatoms. The molecule has 1 atom stereocenters. The summed E-state index contributed by atoms with van der Waals surface area (Å²) in [6, 6.07) is 3.35. The first-order chi connectivity index (χ1) is 10.3. The van der Waals surface area contributed by atoms with Gasteiger partial charge in [-0.1, -0.05) is 11.6 Å². The van der Waals surface area contributed by atoms with Gasteiger partial charge in [-0.3, -0.25) is 14.9 Å². The third kappa shape index (κ3) is 4.31. The van der Waals surface area contributed by atoms with Crippen LogP contribution >= 0.6 is 11.6 Å². The number of benzene rings is 1. The van der Waals surface area contributed by atoms with Gasteiger partial charge in [-0.25, -0.2) is 8.42 Å². The average molecular weight is 349 g/mol. The van der Waals surface area contributed by atoms with E-state index >= 15 is 0 Å². The number of nitro benzene ring substituents is 1. The summed E-state index contributed by atoms with van der Waals surface area (Å²) in [5, 5.41) is 13.1. The molecule has 1 unspecified atom stereocenters. The van der Waals surface area contributed by atoms with Crippen LogP contribution in [0, 0.1) is 10.1 Å². The van der Waals surface area contributed by atoms with Crippen molar-refractivity contribution < 1.29 is 22.9 Å². The van der Waals surface area contributed by atoms with Crippen molar-refractivity contribution >= 4 is 33.0 Å². The quantitative estimate of drug-likeness (QED) is 0.625. The fourth-order valence-corrected chi connectivity index (χ4v) is 3.97. The molecular weight excluding hydrogens is 336 g/mol. The van der Waals surface area contributed by atoms with Gasteiger partial charge >= 0.3 is 0 Å². The molecule has 22 heavy (non-hydrogen) atoms. The highest BCUT2D eigenvalue weighted by Crippen LogP contribution is 2.28. The highest BCUT2D eigenvalue weighted by molar-refractivity contribution is 7.91. The van der Waals surface area contributed by atoms with Crippen molar-refractivity contribution in [1.82, 2.24) is 5.32 Å². The van der Waals surface area contributed by atoms with Gasteiger partial charge in [0.2, 0.25) is 0 Å². The Labute approximate surface area is 131 Å². The van der Waals surface area contributed by atoms with Gasteiger partial charge < -0.3 is 10.1 Å². The van der Waals surface area contributed by atoms with Gasteiger partial charge in [-0.05, 0) is 12.5 Å². The molecule has 0 spiro atoms. The second-order valence-electron chi connectivity index (χ2n) is 4.83. The summed E-state index contributed by atoms with van der Waals surface area (Å²) in [5.74, 6) is -0.250. The molecule has 1 fully saturated rings. The van der Waals surface area contributed by atoms with Crippen LogP contribution in [0.3, 0.4) is 0 Å². The Hall–Kier alpha value is -1.87. The Balaban J connectivity index is 1.86. The molecule has 0 aliphatic carbocycles. The number of ether oxygens (including phenoxy) is 1. The largest absolute Gasteiger partial charge is 0.484 e. The molecule has 0 bridgehead atoms. The number of nitro groups is 1. The van der Waals surface area contributed by atoms with Gasteiger partial charge in [-0.15, -0.1) is 0 Å². The van der Waals surface area contributed by atoms with E-state index < -0.39 is 26.7 Å². The zero-order valence-corrected chi connectivity index (χ0v) is 12.9. The molecule has 1 N–H and O–H groups in total. The summed E-state index contributed by atoms with van der Waals surface area (Å²) < 4.78 is 27.7. The number of sulfone groups is 1. The number of nitrogens with one attached hydrogen (secondary N) is 1. The van der Waals surface area contributed by atoms with Crippen molar-refractivity contribution in [3.63, 3.8) is 0 Å². The maximum atomic E-state index is 11.7. The van der Waals surface area contributed by atoms with Gasteiger partial charge in [0.25, 0.3) is 11.6 Å². The monoisotopic (exact) mass is 348 g/mol. The van der Waals surface area contributed by atoms with Crippen LogP contribution in [0.5, 0.6) is 5.75 Å². The lowest BCUT2D eigenvalue weighted by atomic mass is 10.2. The van der Waals surface area contributed by atoms with E-state index in [1.165, 1.54) is 18.2 Å². The molecule has 120 valence electrons. The SMILES string of the molecule is O=C(COc1ccc([N+](=O)[O-])c(Cl)c1)NC1CCS(=O)(=O)C1. The van der Waals surface area contributed by atoms with E-state index in [1.807, 2.05) is 0 Å². The van der Waals surface area contributed by atoms with E-state index in [4.69, 9.17) is 16.3 Å². The summed E-state index contributed by atoms with van der Waals surface area (Å²) in [6.07, 6.45) is 0.386. The van der Waals surface area contributed by atoms with E-state index in [2.05, 4.69) is 5.32 Å². The topological polar surface area (TPSA) is 116 Å². The maximum absolute atomic E-state index is 11.7. The van der Waals surface area contributed by atoms with Crippen molar-refractivity contribution in [1.29, 1.82) is 0 Å². The lowest BCUT2D eigenvalue weighted by Gasteiger charge is -2.11. The van der Waals surface area contributed by atoms with Crippen molar-refractivity contribution in [2.45, 2.75) is 12.5 Å². The standard InChI is InChI=1S/C12H13ClN2O6S/c13-10-5-9(1-2-11(10)15(17)18)21-6-12(16)14-8-3-4-22(19,20)7-8/h1-2,5,8H,3-4,6-7H2,(H,14,16). The van der Waals surface area contributed by atoms with Crippen LogP contribution in [0.4, 0.5) is 5.69 Å². The minimum Gasteiger partial charge on any atom is -0.484 e. The molecule has 0 saturated carbocycles. The van der Waals surface area contributed by atoms with E-state index in [0.29, 0.717) is 6.42 Å². The molecule has 1 heterocycles. The van der Waals surface area contributed by atoms with Crippen molar-refractivity contribution in [2.24, 2.45) is 0 Å². The number of halogens is 1. The summed E-state index contributed by atoms with van der Waals surface area (Å²) in [6.45, 7) is -0.329. The number of nitrogens with zero attached hydrogens (tertiary/aromatic N) is 1. The predicted octanol–water partition coefficient (Wildman–Crippen LogP) is 0.930. The zero-order chi connectivity index (χ0) is 16.3. The minimum absolute atomic E-state index is 0.0662. The Bertz CT molecular complexity index is 706. The number of amides is 1. The number of carbonyl (C=O) groups is 1. The van der Waals surface area contributed by atoms with E-state index in [-0.39, 0.29) is 34.6 Å². The second-order valence-corrected chi connectivity index (χ2v) is 7.46. The fraction of sp³-hybridized carbons (Fsp3) is 0.417. The zero-order valence-electron chi connectivity index (χ0n) is 11.3. The van der Waals surface area contributed by atoms with Gasteiger partial charge in [0.15, 0.2) is 16.4 Å². The molecule has 1 aromatic carbocycles. The van der Waals surface area contributed by atoms with Crippen LogP contribution in [-0.4, -0.2) is 43.4 Å². The first-order valence-corrected chi connectivity index (χ1v) is 8.53. The van der Waals surface area contributed by atoms with Crippen LogP contribution in [0.1, 0.15) is 6.42 Å². The molecule has 1 amide bonds. The van der Waals surface area contributed by atoms with Gasteiger partial charge in [0.05, 0.1) is 16.4 Å². The first kappa shape index (κ1) is 16.5. The minimum atomic E-state index is -3.06. The summed E-state index contributed by atoms with van der Waals surface area (Å²) in [4.78, 5) is 21.7. The molecule has 1 aliphatic heterocycles. The normalized spacial score (nSPS) is 19.6. The Kier molecular flexibility index (Phi) is 4.87. The third-order valence-corrected chi connectivity index (χ3v) is 5.15. The number of hydrogen-bond acceptors (Lipinski definition) is 6. The predicted molar refractivity (Wildman–Crippen MR) is 78.8 cm³/mol. The smallest absolute Gasteiger partial charge is 0.288 e. The van der Waals surface area contributed by atoms with Crippen LogP contribution in [0.25, 0.3) is 0 Å². The van der Waals surface area contributed by atoms with Gasteiger partial charge in [0, 0.05) is 18.2 Å². The molecule has 2 rings (SSSR count). The fourth-order valence-electron chi connectivity index (χ4n) is 2.05. The molecule has 0 radical (unpaired) electrons. The summed E-state index contributed by atoms with van der Waals surface area (Å²) >= 11 is 5.72. The van der Waals surface area contributed by atoms with E-state index in [9.17, 15) is 23.3 Å². The van der Waals surface area contributed by atoms with Crippen molar-refractivity contribution in [3.8, 4) is 5.75 Å². The number of carbonyl (C=O) groups excluding carboxylic acids is 1. The highest BCUT2D eigenvalue weighted by atomic mass is 35.5. The summed E-state index contributed by atoms with van der Waals surface area (Å²) in [5.41, 5.74) is -0.255. The first-order valence-electron chi connectivity index (χ1n) is 6.33. The molecular formula is C12H13ClN2O6S. The van der Waals surface area contributed by atoms with Gasteiger partial charge in [-0.2, -0.15) is 0 Å². The Morgan fingerprint density at radius 1 is 1.50 bits per heavy atom. The molecule has 1 aromatic rings. The number of rotatable bonds is 5.